The maximum absolute atomic E-state index is 5.56. The highest BCUT2D eigenvalue weighted by Crippen LogP contribution is 2.33. The molecule has 0 aromatic rings. The van der Waals surface area contributed by atoms with Gasteiger partial charge in [-0.25, -0.2) is 0 Å². The molecule has 0 amide bonds. The summed E-state index contributed by atoms with van der Waals surface area (Å²) in [6.07, 6.45) is 7.30. The summed E-state index contributed by atoms with van der Waals surface area (Å²) in [5, 5.41) is 3.57. The number of hydrogen-bond donors (Lipinski definition) is 1. The number of hydrogen-bond acceptors (Lipinski definition) is 2. The fourth-order valence-corrected chi connectivity index (χ4v) is 2.07. The van der Waals surface area contributed by atoms with Gasteiger partial charge in [0.2, 0.25) is 0 Å². The third kappa shape index (κ3) is 3.28. The molecule has 0 aromatic heterocycles. The monoisotopic (exact) mass is 183 g/mol. The SMILES string of the molecule is CC(CC1CC1)NCC1CCCO1. The summed E-state index contributed by atoms with van der Waals surface area (Å²) in [5.74, 6) is 1.03. The Balaban J connectivity index is 1.54. The van der Waals surface area contributed by atoms with Crippen LogP contribution in [0.15, 0.2) is 0 Å². The first kappa shape index (κ1) is 9.47. The van der Waals surface area contributed by atoms with E-state index < -0.39 is 0 Å². The predicted molar refractivity (Wildman–Crippen MR) is 53.8 cm³/mol. The lowest BCUT2D eigenvalue weighted by molar-refractivity contribution is 0.107. The Morgan fingerprint density at radius 3 is 2.85 bits per heavy atom. The van der Waals surface area contributed by atoms with Gasteiger partial charge in [-0.15, -0.1) is 0 Å². The molecular formula is C11H21NO. The average molecular weight is 183 g/mol. The van der Waals surface area contributed by atoms with Crippen molar-refractivity contribution in [2.75, 3.05) is 13.2 Å². The van der Waals surface area contributed by atoms with Crippen LogP contribution in [0.2, 0.25) is 0 Å². The molecule has 1 saturated heterocycles. The second-order valence-electron chi connectivity index (χ2n) is 4.62. The molecule has 1 aliphatic carbocycles. The highest BCUT2D eigenvalue weighted by Gasteiger charge is 2.24. The summed E-state index contributed by atoms with van der Waals surface area (Å²) < 4.78 is 5.56. The Morgan fingerprint density at radius 1 is 1.38 bits per heavy atom. The van der Waals surface area contributed by atoms with Crippen molar-refractivity contribution in [3.8, 4) is 0 Å². The van der Waals surface area contributed by atoms with Gasteiger partial charge in [-0.3, -0.25) is 0 Å². The minimum Gasteiger partial charge on any atom is -0.377 e. The van der Waals surface area contributed by atoms with Crippen molar-refractivity contribution in [2.45, 2.75) is 51.2 Å². The van der Waals surface area contributed by atoms with E-state index in [2.05, 4.69) is 12.2 Å². The third-order valence-electron chi connectivity index (χ3n) is 3.10. The molecule has 1 N–H and O–H groups in total. The van der Waals surface area contributed by atoms with Crippen molar-refractivity contribution in [3.63, 3.8) is 0 Å². The van der Waals surface area contributed by atoms with Gasteiger partial charge in [-0.05, 0) is 32.1 Å². The fraction of sp³-hybridized carbons (Fsp3) is 1.00. The van der Waals surface area contributed by atoms with E-state index in [9.17, 15) is 0 Å². The molecule has 2 atom stereocenters. The molecule has 1 saturated carbocycles. The van der Waals surface area contributed by atoms with Crippen LogP contribution in [0.5, 0.6) is 0 Å². The van der Waals surface area contributed by atoms with Gasteiger partial charge >= 0.3 is 0 Å². The Hall–Kier alpha value is -0.0800. The van der Waals surface area contributed by atoms with Crippen LogP contribution in [0, 0.1) is 5.92 Å². The van der Waals surface area contributed by atoms with Gasteiger partial charge in [-0.2, -0.15) is 0 Å². The minimum atomic E-state index is 0.502. The smallest absolute Gasteiger partial charge is 0.0700 e. The Bertz CT molecular complexity index is 150. The highest BCUT2D eigenvalue weighted by molar-refractivity contribution is 4.79. The molecule has 13 heavy (non-hydrogen) atoms. The van der Waals surface area contributed by atoms with Gasteiger partial charge in [0, 0.05) is 19.2 Å². The average Bonchev–Trinajstić information content (AvgIpc) is 2.78. The van der Waals surface area contributed by atoms with Gasteiger partial charge in [-0.1, -0.05) is 12.8 Å². The maximum Gasteiger partial charge on any atom is 0.0700 e. The molecule has 1 aliphatic heterocycles. The molecule has 2 nitrogen and oxygen atoms in total. The van der Waals surface area contributed by atoms with E-state index >= 15 is 0 Å². The van der Waals surface area contributed by atoms with Gasteiger partial charge in [0.1, 0.15) is 0 Å². The van der Waals surface area contributed by atoms with E-state index in [1.54, 1.807) is 0 Å². The quantitative estimate of drug-likeness (QED) is 0.703. The van der Waals surface area contributed by atoms with E-state index in [-0.39, 0.29) is 0 Å². The van der Waals surface area contributed by atoms with Crippen LogP contribution in [-0.4, -0.2) is 25.3 Å². The summed E-state index contributed by atoms with van der Waals surface area (Å²) in [7, 11) is 0. The lowest BCUT2D eigenvalue weighted by atomic mass is 10.1. The molecule has 2 unspecified atom stereocenters. The molecule has 2 rings (SSSR count). The van der Waals surface area contributed by atoms with Crippen molar-refractivity contribution in [2.24, 2.45) is 5.92 Å². The molecule has 0 spiro atoms. The molecule has 1 heterocycles. The summed E-state index contributed by atoms with van der Waals surface area (Å²) in [6, 6.07) is 0.691. The van der Waals surface area contributed by atoms with E-state index in [1.165, 1.54) is 32.1 Å². The van der Waals surface area contributed by atoms with Crippen molar-refractivity contribution in [1.82, 2.24) is 5.32 Å². The molecular weight excluding hydrogens is 162 g/mol. The maximum atomic E-state index is 5.56. The number of nitrogens with one attached hydrogen (secondary N) is 1. The topological polar surface area (TPSA) is 21.3 Å². The largest absolute Gasteiger partial charge is 0.377 e. The highest BCUT2D eigenvalue weighted by atomic mass is 16.5. The van der Waals surface area contributed by atoms with E-state index in [0.29, 0.717) is 12.1 Å². The van der Waals surface area contributed by atoms with Crippen LogP contribution in [0.1, 0.15) is 39.0 Å². The zero-order valence-corrected chi connectivity index (χ0v) is 8.59. The fourth-order valence-electron chi connectivity index (χ4n) is 2.07. The van der Waals surface area contributed by atoms with Crippen molar-refractivity contribution in [3.05, 3.63) is 0 Å². The molecule has 2 heteroatoms. The van der Waals surface area contributed by atoms with Crippen LogP contribution < -0.4 is 5.32 Å². The Labute approximate surface area is 81.0 Å². The molecule has 2 fully saturated rings. The first-order chi connectivity index (χ1) is 6.34. The van der Waals surface area contributed by atoms with Crippen LogP contribution in [0.25, 0.3) is 0 Å². The van der Waals surface area contributed by atoms with Crippen LogP contribution >= 0.6 is 0 Å². The van der Waals surface area contributed by atoms with E-state index in [0.717, 1.165) is 19.1 Å². The molecule has 2 aliphatic rings. The first-order valence-electron chi connectivity index (χ1n) is 5.69. The van der Waals surface area contributed by atoms with E-state index in [4.69, 9.17) is 4.74 Å². The van der Waals surface area contributed by atoms with Gasteiger partial charge in [0.15, 0.2) is 0 Å². The summed E-state index contributed by atoms with van der Waals surface area (Å²) in [5.41, 5.74) is 0. The molecule has 76 valence electrons. The summed E-state index contributed by atoms with van der Waals surface area (Å²) >= 11 is 0. The van der Waals surface area contributed by atoms with Crippen LogP contribution in [-0.2, 0) is 4.74 Å². The first-order valence-corrected chi connectivity index (χ1v) is 5.69. The second-order valence-corrected chi connectivity index (χ2v) is 4.62. The lowest BCUT2D eigenvalue weighted by Crippen LogP contribution is -2.33. The molecule has 0 radical (unpaired) electrons. The standard InChI is InChI=1S/C11H21NO/c1-9(7-10-4-5-10)12-8-11-3-2-6-13-11/h9-12H,2-8H2,1H3. The second kappa shape index (κ2) is 4.43. The van der Waals surface area contributed by atoms with Gasteiger partial charge in [0.25, 0.3) is 0 Å². The predicted octanol–water partition coefficient (Wildman–Crippen LogP) is 1.94. The Morgan fingerprint density at radius 2 is 2.23 bits per heavy atom. The molecule has 0 aromatic carbocycles. The molecule has 0 bridgehead atoms. The summed E-state index contributed by atoms with van der Waals surface area (Å²) in [6.45, 7) is 4.34. The van der Waals surface area contributed by atoms with E-state index in [1.807, 2.05) is 0 Å². The zero-order chi connectivity index (χ0) is 9.10. The normalized spacial score (nSPS) is 30.7. The zero-order valence-electron chi connectivity index (χ0n) is 8.59. The van der Waals surface area contributed by atoms with Crippen molar-refractivity contribution >= 4 is 0 Å². The lowest BCUT2D eigenvalue weighted by Gasteiger charge is -2.16. The number of ether oxygens (including phenoxy) is 1. The Kier molecular flexibility index (Phi) is 3.23. The van der Waals surface area contributed by atoms with Crippen LogP contribution in [0.3, 0.4) is 0 Å². The van der Waals surface area contributed by atoms with Crippen LogP contribution in [0.4, 0.5) is 0 Å². The summed E-state index contributed by atoms with van der Waals surface area (Å²) in [4.78, 5) is 0. The van der Waals surface area contributed by atoms with Gasteiger partial charge < -0.3 is 10.1 Å². The van der Waals surface area contributed by atoms with Gasteiger partial charge in [0.05, 0.1) is 6.10 Å². The third-order valence-corrected chi connectivity index (χ3v) is 3.10. The van der Waals surface area contributed by atoms with Crippen molar-refractivity contribution in [1.29, 1.82) is 0 Å². The van der Waals surface area contributed by atoms with Crippen molar-refractivity contribution < 1.29 is 4.74 Å². The minimum absolute atomic E-state index is 0.502. The number of rotatable bonds is 5.